The average molecular weight is 433 g/mol. The molecule has 1 aliphatic rings. The zero-order chi connectivity index (χ0) is 21.9. The van der Waals surface area contributed by atoms with Crippen LogP contribution in [0.2, 0.25) is 0 Å². The molecular formula is C21H28N4O4S. The van der Waals surface area contributed by atoms with Crippen LogP contribution in [0, 0.1) is 11.3 Å². The molecule has 3 rings (SSSR count). The van der Waals surface area contributed by atoms with Crippen LogP contribution in [0.4, 0.5) is 0 Å². The molecule has 0 atom stereocenters. The summed E-state index contributed by atoms with van der Waals surface area (Å²) in [6.45, 7) is 7.22. The Morgan fingerprint density at radius 1 is 1.27 bits per heavy atom. The fourth-order valence-electron chi connectivity index (χ4n) is 3.38. The highest BCUT2D eigenvalue weighted by Crippen LogP contribution is 2.33. The number of aromatic nitrogens is 2. The zero-order valence-electron chi connectivity index (χ0n) is 17.6. The van der Waals surface area contributed by atoms with Crippen LogP contribution < -0.4 is 10.3 Å². The number of ether oxygens (including phenoxy) is 1. The van der Waals surface area contributed by atoms with Crippen LogP contribution in [0.5, 0.6) is 5.75 Å². The Kier molecular flexibility index (Phi) is 6.72. The van der Waals surface area contributed by atoms with Crippen LogP contribution in [0.1, 0.15) is 45.7 Å². The van der Waals surface area contributed by atoms with Crippen molar-refractivity contribution in [1.29, 1.82) is 5.41 Å². The summed E-state index contributed by atoms with van der Waals surface area (Å²) < 4.78 is 33.1. The molecule has 162 valence electrons. The minimum absolute atomic E-state index is 0.132. The van der Waals surface area contributed by atoms with E-state index in [1.165, 1.54) is 22.5 Å². The highest BCUT2D eigenvalue weighted by Gasteiger charge is 2.36. The summed E-state index contributed by atoms with van der Waals surface area (Å²) in [6, 6.07) is 5.88. The molecular weight excluding hydrogens is 404 g/mol. The van der Waals surface area contributed by atoms with Crippen molar-refractivity contribution in [3.05, 3.63) is 40.3 Å². The SMILES string of the molecule is CCCC(=N)c1cc(=O)[nH]c(-c2cc(S(=O)(=O)N3CC(CC)C3)ccc2OCC)n1. The molecule has 0 bridgehead atoms. The van der Waals surface area contributed by atoms with Crippen molar-refractivity contribution in [2.24, 2.45) is 5.92 Å². The topological polar surface area (TPSA) is 116 Å². The molecule has 0 saturated carbocycles. The minimum Gasteiger partial charge on any atom is -0.493 e. The molecule has 1 aliphatic heterocycles. The Morgan fingerprint density at radius 3 is 2.63 bits per heavy atom. The number of nitrogens with zero attached hydrogens (tertiary/aromatic N) is 2. The number of nitrogens with one attached hydrogen (secondary N) is 2. The van der Waals surface area contributed by atoms with E-state index in [-0.39, 0.29) is 22.1 Å². The highest BCUT2D eigenvalue weighted by atomic mass is 32.2. The monoisotopic (exact) mass is 432 g/mol. The molecule has 2 aromatic rings. The Bertz CT molecular complexity index is 1090. The molecule has 1 aromatic heterocycles. The number of rotatable bonds is 9. The van der Waals surface area contributed by atoms with Crippen molar-refractivity contribution in [3.8, 4) is 17.1 Å². The first-order chi connectivity index (χ1) is 14.3. The van der Waals surface area contributed by atoms with Crippen molar-refractivity contribution < 1.29 is 13.2 Å². The summed E-state index contributed by atoms with van der Waals surface area (Å²) in [4.78, 5) is 19.4. The van der Waals surface area contributed by atoms with Crippen LogP contribution in [0.3, 0.4) is 0 Å². The molecule has 0 radical (unpaired) electrons. The molecule has 2 N–H and O–H groups in total. The maximum Gasteiger partial charge on any atom is 0.251 e. The summed E-state index contributed by atoms with van der Waals surface area (Å²) in [7, 11) is -3.64. The summed E-state index contributed by atoms with van der Waals surface area (Å²) >= 11 is 0. The maximum atomic E-state index is 13.0. The predicted octanol–water partition coefficient (Wildman–Crippen LogP) is 3.03. The van der Waals surface area contributed by atoms with Gasteiger partial charge < -0.3 is 15.1 Å². The Morgan fingerprint density at radius 2 is 2.00 bits per heavy atom. The van der Waals surface area contributed by atoms with Gasteiger partial charge in [0, 0.05) is 19.2 Å². The van der Waals surface area contributed by atoms with Crippen LogP contribution in [-0.2, 0) is 10.0 Å². The normalized spacial score (nSPS) is 15.0. The Labute approximate surface area is 176 Å². The van der Waals surface area contributed by atoms with E-state index in [1.54, 1.807) is 6.07 Å². The summed E-state index contributed by atoms with van der Waals surface area (Å²) in [5, 5.41) is 8.14. The van der Waals surface area contributed by atoms with Gasteiger partial charge in [0.15, 0.2) is 0 Å². The summed E-state index contributed by atoms with van der Waals surface area (Å²) in [6.07, 6.45) is 2.20. The second kappa shape index (κ2) is 9.09. The van der Waals surface area contributed by atoms with E-state index in [2.05, 4.69) is 16.9 Å². The second-order valence-electron chi connectivity index (χ2n) is 7.40. The molecule has 0 unspecified atom stereocenters. The fourth-order valence-corrected chi connectivity index (χ4v) is 5.00. The lowest BCUT2D eigenvalue weighted by Gasteiger charge is -2.37. The van der Waals surface area contributed by atoms with E-state index in [1.807, 2.05) is 13.8 Å². The number of hydrogen-bond acceptors (Lipinski definition) is 6. The summed E-state index contributed by atoms with van der Waals surface area (Å²) in [5.41, 5.74) is 0.520. The van der Waals surface area contributed by atoms with Gasteiger partial charge >= 0.3 is 0 Å². The van der Waals surface area contributed by atoms with Gasteiger partial charge in [-0.25, -0.2) is 13.4 Å². The first-order valence-electron chi connectivity index (χ1n) is 10.3. The van der Waals surface area contributed by atoms with Gasteiger partial charge in [-0.05, 0) is 37.5 Å². The number of aromatic amines is 1. The zero-order valence-corrected chi connectivity index (χ0v) is 18.4. The average Bonchev–Trinajstić information content (AvgIpc) is 2.67. The molecule has 0 amide bonds. The van der Waals surface area contributed by atoms with Crippen molar-refractivity contribution >= 4 is 15.7 Å². The largest absolute Gasteiger partial charge is 0.493 e. The van der Waals surface area contributed by atoms with Crippen molar-refractivity contribution in [1.82, 2.24) is 14.3 Å². The molecule has 30 heavy (non-hydrogen) atoms. The minimum atomic E-state index is -3.64. The number of hydrogen-bond donors (Lipinski definition) is 2. The van der Waals surface area contributed by atoms with Gasteiger partial charge in [-0.3, -0.25) is 4.79 Å². The molecule has 2 heterocycles. The van der Waals surface area contributed by atoms with Crippen molar-refractivity contribution in [3.63, 3.8) is 0 Å². The van der Waals surface area contributed by atoms with Gasteiger partial charge in [-0.15, -0.1) is 0 Å². The second-order valence-corrected chi connectivity index (χ2v) is 9.33. The number of benzene rings is 1. The molecule has 1 saturated heterocycles. The van der Waals surface area contributed by atoms with Crippen molar-refractivity contribution in [2.45, 2.75) is 44.9 Å². The van der Waals surface area contributed by atoms with Crippen LogP contribution in [-0.4, -0.2) is 48.1 Å². The van der Waals surface area contributed by atoms with E-state index in [0.717, 1.165) is 12.8 Å². The van der Waals surface area contributed by atoms with Gasteiger partial charge in [0.25, 0.3) is 5.56 Å². The van der Waals surface area contributed by atoms with E-state index in [4.69, 9.17) is 10.1 Å². The van der Waals surface area contributed by atoms with E-state index < -0.39 is 15.6 Å². The van der Waals surface area contributed by atoms with Crippen LogP contribution in [0.15, 0.2) is 34.0 Å². The molecule has 8 nitrogen and oxygen atoms in total. The van der Waals surface area contributed by atoms with Crippen LogP contribution >= 0.6 is 0 Å². The third-order valence-electron chi connectivity index (χ3n) is 5.20. The van der Waals surface area contributed by atoms with E-state index in [9.17, 15) is 13.2 Å². The van der Waals surface area contributed by atoms with Crippen LogP contribution in [0.25, 0.3) is 11.4 Å². The molecule has 1 fully saturated rings. The molecule has 0 aliphatic carbocycles. The summed E-state index contributed by atoms with van der Waals surface area (Å²) in [5.74, 6) is 1.00. The maximum absolute atomic E-state index is 13.0. The van der Waals surface area contributed by atoms with E-state index in [0.29, 0.717) is 43.3 Å². The molecule has 0 spiro atoms. The third-order valence-corrected chi connectivity index (χ3v) is 7.02. The Balaban J connectivity index is 2.07. The molecule has 9 heteroatoms. The van der Waals surface area contributed by atoms with Gasteiger partial charge in [0.1, 0.15) is 11.6 Å². The van der Waals surface area contributed by atoms with Gasteiger partial charge in [-0.1, -0.05) is 26.7 Å². The molecule has 1 aromatic carbocycles. The first kappa shape index (κ1) is 22.2. The van der Waals surface area contributed by atoms with Gasteiger partial charge in [0.05, 0.1) is 28.5 Å². The van der Waals surface area contributed by atoms with Gasteiger partial charge in [-0.2, -0.15) is 4.31 Å². The lowest BCUT2D eigenvalue weighted by molar-refractivity contribution is 0.196. The third kappa shape index (κ3) is 4.46. The lowest BCUT2D eigenvalue weighted by Crippen LogP contribution is -2.49. The Hall–Kier alpha value is -2.52. The standard InChI is InChI=1S/C21H28N4O4S/c1-4-7-17(22)18-11-20(26)24-21(23-18)16-10-15(8-9-19(16)29-6-3)30(27,28)25-12-14(5-2)13-25/h8-11,14,22H,4-7,12-13H2,1-3H3,(H,23,24,26). The predicted molar refractivity (Wildman–Crippen MR) is 116 cm³/mol. The van der Waals surface area contributed by atoms with Gasteiger partial charge in [0.2, 0.25) is 10.0 Å². The highest BCUT2D eigenvalue weighted by molar-refractivity contribution is 7.89. The fraction of sp³-hybridized carbons (Fsp3) is 0.476. The number of sulfonamides is 1. The van der Waals surface area contributed by atoms with Crippen molar-refractivity contribution in [2.75, 3.05) is 19.7 Å². The first-order valence-corrected chi connectivity index (χ1v) is 11.7. The van der Waals surface area contributed by atoms with E-state index >= 15 is 0 Å². The quantitative estimate of drug-likeness (QED) is 0.591. The number of H-pyrrole nitrogens is 1. The smallest absolute Gasteiger partial charge is 0.251 e. The lowest BCUT2D eigenvalue weighted by atomic mass is 10.0.